The van der Waals surface area contributed by atoms with Crippen molar-refractivity contribution < 1.29 is 23.1 Å². The predicted octanol–water partition coefficient (Wildman–Crippen LogP) is 2.97. The number of sulfonamides is 1. The molecule has 0 bridgehead atoms. The number of carbonyl (C=O) groups excluding carboxylic acids is 1. The van der Waals surface area contributed by atoms with Crippen LogP contribution < -0.4 is 4.74 Å². The van der Waals surface area contributed by atoms with E-state index in [1.165, 1.54) is 4.31 Å². The van der Waals surface area contributed by atoms with Gasteiger partial charge in [0.1, 0.15) is 18.5 Å². The largest absolute Gasteiger partial charge is 0.491 e. The Balaban J connectivity index is 1.23. The van der Waals surface area contributed by atoms with Crippen LogP contribution in [0.4, 0.5) is 0 Å². The normalized spacial score (nSPS) is 16.1. The smallest absolute Gasteiger partial charge is 0.243 e. The number of ketones is 1. The highest BCUT2D eigenvalue weighted by Crippen LogP contribution is 2.19. The standard InChI is InChI=1S/C27H30N2O5S/c1-21-7-13-26(14-8-21)35(32,33)29-17-15-28(16-18-29)19-24(30)20-34-25-11-9-23(10-12-25)27(31)22-5-3-2-4-6-22/h2-14,24,30H,15-20H2,1H3/t24-/m1/s1. The van der Waals surface area contributed by atoms with Gasteiger partial charge in [-0.15, -0.1) is 0 Å². The summed E-state index contributed by atoms with van der Waals surface area (Å²) in [7, 11) is -3.51. The van der Waals surface area contributed by atoms with Crippen molar-refractivity contribution >= 4 is 15.8 Å². The summed E-state index contributed by atoms with van der Waals surface area (Å²) in [5.74, 6) is 0.517. The van der Waals surface area contributed by atoms with Crippen molar-refractivity contribution in [1.29, 1.82) is 0 Å². The Morgan fingerprint density at radius 2 is 1.49 bits per heavy atom. The van der Waals surface area contributed by atoms with E-state index in [2.05, 4.69) is 0 Å². The molecule has 0 radical (unpaired) electrons. The molecule has 1 aliphatic heterocycles. The monoisotopic (exact) mass is 494 g/mol. The second-order valence-corrected chi connectivity index (χ2v) is 10.6. The van der Waals surface area contributed by atoms with Gasteiger partial charge in [0.05, 0.1) is 4.90 Å². The van der Waals surface area contributed by atoms with Crippen LogP contribution >= 0.6 is 0 Å². The molecule has 1 N–H and O–H groups in total. The number of aryl methyl sites for hydroxylation is 1. The minimum atomic E-state index is -3.51. The van der Waals surface area contributed by atoms with E-state index in [-0.39, 0.29) is 12.4 Å². The molecule has 1 saturated heterocycles. The van der Waals surface area contributed by atoms with E-state index >= 15 is 0 Å². The predicted molar refractivity (Wildman–Crippen MR) is 134 cm³/mol. The van der Waals surface area contributed by atoms with Crippen molar-refractivity contribution in [2.75, 3.05) is 39.3 Å². The van der Waals surface area contributed by atoms with Gasteiger partial charge in [-0.25, -0.2) is 8.42 Å². The number of ether oxygens (including phenoxy) is 1. The maximum absolute atomic E-state index is 12.9. The number of hydrogen-bond acceptors (Lipinski definition) is 6. The number of nitrogens with zero attached hydrogens (tertiary/aromatic N) is 2. The number of benzene rings is 3. The summed E-state index contributed by atoms with van der Waals surface area (Å²) in [6.07, 6.45) is -0.721. The van der Waals surface area contributed by atoms with Crippen molar-refractivity contribution in [3.63, 3.8) is 0 Å². The summed E-state index contributed by atoms with van der Waals surface area (Å²) in [5, 5.41) is 10.4. The van der Waals surface area contributed by atoms with E-state index in [1.54, 1.807) is 60.7 Å². The molecule has 0 aromatic heterocycles. The van der Waals surface area contributed by atoms with E-state index < -0.39 is 16.1 Å². The Hall–Kier alpha value is -3.04. The van der Waals surface area contributed by atoms with Crippen molar-refractivity contribution in [3.8, 4) is 5.75 Å². The molecule has 0 unspecified atom stereocenters. The molecule has 3 aromatic carbocycles. The lowest BCUT2D eigenvalue weighted by Gasteiger charge is -2.34. The fourth-order valence-electron chi connectivity index (χ4n) is 4.01. The number of aliphatic hydroxyl groups excluding tert-OH is 1. The average Bonchev–Trinajstić information content (AvgIpc) is 2.88. The number of hydrogen-bond donors (Lipinski definition) is 1. The summed E-state index contributed by atoms with van der Waals surface area (Å²) in [6.45, 7) is 4.25. The van der Waals surface area contributed by atoms with Crippen LogP contribution in [0, 0.1) is 6.92 Å². The highest BCUT2D eigenvalue weighted by molar-refractivity contribution is 7.89. The number of rotatable bonds is 9. The van der Waals surface area contributed by atoms with E-state index in [0.29, 0.717) is 54.5 Å². The van der Waals surface area contributed by atoms with Crippen LogP contribution in [0.2, 0.25) is 0 Å². The summed E-state index contributed by atoms with van der Waals surface area (Å²) >= 11 is 0. The van der Waals surface area contributed by atoms with Gasteiger partial charge >= 0.3 is 0 Å². The van der Waals surface area contributed by atoms with Crippen molar-refractivity contribution in [2.24, 2.45) is 0 Å². The molecule has 35 heavy (non-hydrogen) atoms. The Labute approximate surface area is 206 Å². The van der Waals surface area contributed by atoms with Crippen molar-refractivity contribution in [1.82, 2.24) is 9.21 Å². The summed E-state index contributed by atoms with van der Waals surface area (Å²) < 4.78 is 32.9. The Bertz CT molecular complexity index is 1220. The van der Waals surface area contributed by atoms with E-state index in [1.807, 2.05) is 30.0 Å². The quantitative estimate of drug-likeness (QED) is 0.460. The number of piperazine rings is 1. The average molecular weight is 495 g/mol. The lowest BCUT2D eigenvalue weighted by Crippen LogP contribution is -2.50. The molecule has 3 aromatic rings. The van der Waals surface area contributed by atoms with Crippen LogP contribution in [-0.2, 0) is 10.0 Å². The zero-order chi connectivity index (χ0) is 24.8. The van der Waals surface area contributed by atoms with Crippen LogP contribution in [0.25, 0.3) is 0 Å². The first-order valence-corrected chi connectivity index (χ1v) is 13.1. The topological polar surface area (TPSA) is 87.2 Å². The first-order valence-electron chi connectivity index (χ1n) is 11.6. The molecule has 7 nitrogen and oxygen atoms in total. The Morgan fingerprint density at radius 1 is 0.886 bits per heavy atom. The SMILES string of the molecule is Cc1ccc(S(=O)(=O)N2CCN(C[C@@H](O)COc3ccc(C(=O)c4ccccc4)cc3)CC2)cc1. The number of β-amino-alcohol motifs (C(OH)–C–C–N with tert-alkyl or cyclic N) is 1. The molecule has 1 aliphatic rings. The van der Waals surface area contributed by atoms with Gasteiger partial charge < -0.3 is 9.84 Å². The van der Waals surface area contributed by atoms with E-state index in [9.17, 15) is 18.3 Å². The van der Waals surface area contributed by atoms with E-state index in [4.69, 9.17) is 4.74 Å². The number of aliphatic hydroxyl groups is 1. The molecule has 4 rings (SSSR count). The van der Waals surface area contributed by atoms with Gasteiger partial charge in [0.25, 0.3) is 0 Å². The molecule has 184 valence electrons. The molecule has 8 heteroatoms. The Kier molecular flexibility index (Phi) is 7.97. The first-order chi connectivity index (χ1) is 16.8. The summed E-state index contributed by atoms with van der Waals surface area (Å²) in [6, 6.07) is 22.8. The molecule has 0 spiro atoms. The third-order valence-electron chi connectivity index (χ3n) is 6.05. The lowest BCUT2D eigenvalue weighted by molar-refractivity contribution is 0.0569. The first kappa shape index (κ1) is 25.1. The molecular formula is C27H30N2O5S. The van der Waals surface area contributed by atoms with Crippen LogP contribution in [-0.4, -0.2) is 73.9 Å². The van der Waals surface area contributed by atoms with Crippen LogP contribution in [0.5, 0.6) is 5.75 Å². The summed E-state index contributed by atoms with van der Waals surface area (Å²) in [4.78, 5) is 14.8. The van der Waals surface area contributed by atoms with Gasteiger partial charge in [-0.3, -0.25) is 9.69 Å². The fraction of sp³-hybridized carbons (Fsp3) is 0.296. The summed E-state index contributed by atoms with van der Waals surface area (Å²) in [5.41, 5.74) is 2.22. The highest BCUT2D eigenvalue weighted by atomic mass is 32.2. The molecule has 1 heterocycles. The minimum Gasteiger partial charge on any atom is -0.491 e. The zero-order valence-corrected chi connectivity index (χ0v) is 20.5. The molecule has 1 fully saturated rings. The molecule has 0 saturated carbocycles. The van der Waals surface area contributed by atoms with Gasteiger partial charge in [0.15, 0.2) is 5.78 Å². The second kappa shape index (κ2) is 11.1. The molecular weight excluding hydrogens is 464 g/mol. The zero-order valence-electron chi connectivity index (χ0n) is 19.7. The number of carbonyl (C=O) groups is 1. The van der Waals surface area contributed by atoms with Crippen LogP contribution in [0.1, 0.15) is 21.5 Å². The molecule has 0 amide bonds. The van der Waals surface area contributed by atoms with Crippen LogP contribution in [0.15, 0.2) is 83.8 Å². The third-order valence-corrected chi connectivity index (χ3v) is 7.97. The molecule has 1 atom stereocenters. The second-order valence-electron chi connectivity index (χ2n) is 8.70. The van der Waals surface area contributed by atoms with Gasteiger partial charge in [0, 0.05) is 43.9 Å². The van der Waals surface area contributed by atoms with Gasteiger partial charge in [0.2, 0.25) is 10.0 Å². The van der Waals surface area contributed by atoms with Crippen LogP contribution in [0.3, 0.4) is 0 Å². The lowest BCUT2D eigenvalue weighted by atomic mass is 10.0. The Morgan fingerprint density at radius 3 is 2.11 bits per heavy atom. The van der Waals surface area contributed by atoms with Crippen molar-refractivity contribution in [2.45, 2.75) is 17.9 Å². The highest BCUT2D eigenvalue weighted by Gasteiger charge is 2.29. The van der Waals surface area contributed by atoms with E-state index in [0.717, 1.165) is 5.56 Å². The minimum absolute atomic E-state index is 0.0549. The third kappa shape index (κ3) is 6.35. The fourth-order valence-corrected chi connectivity index (χ4v) is 5.44. The van der Waals surface area contributed by atoms with Gasteiger partial charge in [-0.1, -0.05) is 48.0 Å². The molecule has 0 aliphatic carbocycles. The maximum Gasteiger partial charge on any atom is 0.243 e. The van der Waals surface area contributed by atoms with Gasteiger partial charge in [-0.2, -0.15) is 4.31 Å². The van der Waals surface area contributed by atoms with Crippen molar-refractivity contribution in [3.05, 3.63) is 95.6 Å². The van der Waals surface area contributed by atoms with Gasteiger partial charge in [-0.05, 0) is 43.3 Å². The maximum atomic E-state index is 12.9.